The first-order valence-corrected chi connectivity index (χ1v) is 5.96. The van der Waals surface area contributed by atoms with Crippen molar-refractivity contribution in [3.63, 3.8) is 0 Å². The third-order valence-electron chi connectivity index (χ3n) is 2.23. The van der Waals surface area contributed by atoms with Crippen LogP contribution in [-0.2, 0) is 4.74 Å². The molecule has 20 heavy (non-hydrogen) atoms. The van der Waals surface area contributed by atoms with Gasteiger partial charge >= 0.3 is 5.97 Å². The molecule has 6 nitrogen and oxygen atoms in total. The monoisotopic (exact) mass is 330 g/mol. The van der Waals surface area contributed by atoms with Crippen LogP contribution < -0.4 is 5.32 Å². The summed E-state index contributed by atoms with van der Waals surface area (Å²) < 4.78 is 5.15. The fraction of sp³-hybridized carbons (Fsp3) is 0.0769. The number of anilines is 1. The first kappa shape index (κ1) is 15.2. The van der Waals surface area contributed by atoms with E-state index in [1.54, 1.807) is 24.3 Å². The van der Waals surface area contributed by atoms with E-state index in [9.17, 15) is 4.79 Å². The number of carbonyl (C=O) groups is 1. The Morgan fingerprint density at radius 1 is 1.25 bits per heavy atom. The normalized spacial score (nSPS) is 8.55. The molecule has 0 heterocycles. The first-order valence-electron chi connectivity index (χ1n) is 5.16. The molecule has 1 rings (SSSR count). The van der Waals surface area contributed by atoms with Crippen LogP contribution in [0.3, 0.4) is 0 Å². The van der Waals surface area contributed by atoms with Crippen molar-refractivity contribution in [1.82, 2.24) is 0 Å². The van der Waals surface area contributed by atoms with Crippen molar-refractivity contribution >= 4 is 27.6 Å². The van der Waals surface area contributed by atoms with Gasteiger partial charge < -0.3 is 10.1 Å². The topological polar surface area (TPSA) is 110 Å². The van der Waals surface area contributed by atoms with Crippen molar-refractivity contribution in [2.24, 2.45) is 0 Å². The van der Waals surface area contributed by atoms with Crippen molar-refractivity contribution in [3.05, 3.63) is 39.5 Å². The molecule has 1 N–H and O–H groups in total. The van der Waals surface area contributed by atoms with Crippen LogP contribution in [0.1, 0.15) is 10.4 Å². The van der Waals surface area contributed by atoms with Gasteiger partial charge in [0.15, 0.2) is 5.57 Å². The number of esters is 1. The summed E-state index contributed by atoms with van der Waals surface area (Å²) in [5, 5.41) is 29.1. The average molecular weight is 331 g/mol. The van der Waals surface area contributed by atoms with E-state index in [2.05, 4.69) is 26.0 Å². The molecule has 0 atom stereocenters. The van der Waals surface area contributed by atoms with Crippen LogP contribution in [0.5, 0.6) is 0 Å². The molecule has 0 spiro atoms. The van der Waals surface area contributed by atoms with E-state index >= 15 is 0 Å². The average Bonchev–Trinajstić information content (AvgIpc) is 2.48. The lowest BCUT2D eigenvalue weighted by molar-refractivity contribution is 0.0601. The number of halogens is 1. The van der Waals surface area contributed by atoms with Crippen molar-refractivity contribution in [1.29, 1.82) is 15.8 Å². The highest BCUT2D eigenvalue weighted by Crippen LogP contribution is 2.25. The van der Waals surface area contributed by atoms with Crippen LogP contribution in [0.15, 0.2) is 33.9 Å². The molecule has 0 saturated carbocycles. The first-order chi connectivity index (χ1) is 9.57. The van der Waals surface area contributed by atoms with Gasteiger partial charge in [0.25, 0.3) is 0 Å². The van der Waals surface area contributed by atoms with E-state index in [0.29, 0.717) is 10.2 Å². The molecule has 0 aliphatic carbocycles. The summed E-state index contributed by atoms with van der Waals surface area (Å²) in [7, 11) is 1.25. The number of benzene rings is 1. The number of allylic oxidation sites excluding steroid dienone is 2. The maximum absolute atomic E-state index is 11.4. The van der Waals surface area contributed by atoms with Crippen LogP contribution in [-0.4, -0.2) is 13.1 Å². The molecule has 0 unspecified atom stereocenters. The van der Waals surface area contributed by atoms with Gasteiger partial charge in [-0.1, -0.05) is 0 Å². The molecule has 1 aromatic carbocycles. The number of carbonyl (C=O) groups excluding carboxylic acids is 1. The third-order valence-corrected chi connectivity index (χ3v) is 2.92. The van der Waals surface area contributed by atoms with E-state index in [1.165, 1.54) is 19.2 Å². The van der Waals surface area contributed by atoms with Gasteiger partial charge in [-0.3, -0.25) is 0 Å². The Kier molecular flexibility index (Phi) is 5.29. The van der Waals surface area contributed by atoms with Crippen molar-refractivity contribution in [2.45, 2.75) is 0 Å². The molecule has 7 heteroatoms. The summed E-state index contributed by atoms with van der Waals surface area (Å²) >= 11 is 3.24. The zero-order chi connectivity index (χ0) is 15.1. The zero-order valence-electron chi connectivity index (χ0n) is 10.3. The molecule has 1 aromatic rings. The van der Waals surface area contributed by atoms with Crippen molar-refractivity contribution in [3.8, 4) is 18.2 Å². The van der Waals surface area contributed by atoms with Crippen LogP contribution in [0.25, 0.3) is 0 Å². The second-order valence-electron chi connectivity index (χ2n) is 3.40. The largest absolute Gasteiger partial charge is 0.465 e. The second-order valence-corrected chi connectivity index (χ2v) is 4.25. The Hall–Kier alpha value is -2.82. The lowest BCUT2D eigenvalue weighted by Gasteiger charge is -2.09. The molecule has 98 valence electrons. The van der Waals surface area contributed by atoms with E-state index in [-0.39, 0.29) is 16.8 Å². The van der Waals surface area contributed by atoms with Gasteiger partial charge in [0.1, 0.15) is 23.9 Å². The number of nitrogens with one attached hydrogen (secondary N) is 1. The highest BCUT2D eigenvalue weighted by molar-refractivity contribution is 9.10. The van der Waals surface area contributed by atoms with Gasteiger partial charge in [-0.25, -0.2) is 4.79 Å². The number of rotatable bonds is 3. The minimum atomic E-state index is -0.538. The Morgan fingerprint density at radius 2 is 1.90 bits per heavy atom. The Labute approximate surface area is 123 Å². The molecule has 0 aliphatic heterocycles. The molecule has 0 aliphatic rings. The zero-order valence-corrected chi connectivity index (χ0v) is 11.9. The lowest BCUT2D eigenvalue weighted by atomic mass is 10.2. The van der Waals surface area contributed by atoms with Gasteiger partial charge in [-0.15, -0.1) is 0 Å². The molecule has 0 radical (unpaired) electrons. The fourth-order valence-corrected chi connectivity index (χ4v) is 1.63. The van der Waals surface area contributed by atoms with Gasteiger partial charge in [0.2, 0.25) is 0 Å². The summed E-state index contributed by atoms with van der Waals surface area (Å²) in [6, 6.07) is 9.53. The molecular formula is C13H7BrN4O2. The molecule has 0 aromatic heterocycles. The van der Waals surface area contributed by atoms with E-state index < -0.39 is 5.97 Å². The number of methoxy groups -OCH3 is 1. The van der Waals surface area contributed by atoms with Gasteiger partial charge in [-0.05, 0) is 34.1 Å². The fourth-order valence-electron chi connectivity index (χ4n) is 1.28. The van der Waals surface area contributed by atoms with Crippen LogP contribution in [0.2, 0.25) is 0 Å². The van der Waals surface area contributed by atoms with Crippen molar-refractivity contribution in [2.75, 3.05) is 12.4 Å². The molecule has 0 amide bonds. The summed E-state index contributed by atoms with van der Waals surface area (Å²) in [5.41, 5.74) is 0.0963. The minimum Gasteiger partial charge on any atom is -0.465 e. The Morgan fingerprint density at radius 3 is 2.40 bits per heavy atom. The Bertz CT molecular complexity index is 689. The Balaban J connectivity index is 3.26. The number of ether oxygens (including phenoxy) is 1. The second kappa shape index (κ2) is 6.94. The van der Waals surface area contributed by atoms with E-state index in [0.717, 1.165) is 0 Å². The molecule has 0 fully saturated rings. The SMILES string of the molecule is COC(=O)c1ccc(Br)c(NC(C#N)=C(C#N)C#N)c1. The highest BCUT2D eigenvalue weighted by Gasteiger charge is 2.12. The summed E-state index contributed by atoms with van der Waals surface area (Å²) in [5.74, 6) is -0.538. The van der Waals surface area contributed by atoms with Crippen LogP contribution in [0.4, 0.5) is 5.69 Å². The summed E-state index contributed by atoms with van der Waals surface area (Å²) in [4.78, 5) is 11.4. The van der Waals surface area contributed by atoms with Crippen LogP contribution >= 0.6 is 15.9 Å². The van der Waals surface area contributed by atoms with Gasteiger partial charge in [-0.2, -0.15) is 15.8 Å². The number of nitriles is 3. The smallest absolute Gasteiger partial charge is 0.337 e. The highest BCUT2D eigenvalue weighted by atomic mass is 79.9. The number of nitrogens with zero attached hydrogens (tertiary/aromatic N) is 3. The molecule has 0 saturated heterocycles. The minimum absolute atomic E-state index is 0.197. The third kappa shape index (κ3) is 3.35. The predicted molar refractivity (Wildman–Crippen MR) is 73.0 cm³/mol. The quantitative estimate of drug-likeness (QED) is 0.673. The standard InChI is InChI=1S/C13H7BrN4O2/c1-20-13(19)8-2-3-10(14)11(4-8)18-12(7-17)9(5-15)6-16/h2-4,18H,1H3. The number of hydrogen-bond acceptors (Lipinski definition) is 6. The van der Waals surface area contributed by atoms with E-state index in [4.69, 9.17) is 15.8 Å². The van der Waals surface area contributed by atoms with Gasteiger partial charge in [0.05, 0.1) is 18.4 Å². The molecular weight excluding hydrogens is 324 g/mol. The maximum Gasteiger partial charge on any atom is 0.337 e. The molecule has 0 bridgehead atoms. The van der Waals surface area contributed by atoms with Crippen molar-refractivity contribution < 1.29 is 9.53 Å². The summed E-state index contributed by atoms with van der Waals surface area (Å²) in [6.07, 6.45) is 0. The van der Waals surface area contributed by atoms with E-state index in [1.807, 2.05) is 0 Å². The number of hydrogen-bond donors (Lipinski definition) is 1. The van der Waals surface area contributed by atoms with Gasteiger partial charge in [0, 0.05) is 4.47 Å². The van der Waals surface area contributed by atoms with Crippen LogP contribution in [0, 0.1) is 34.0 Å². The summed E-state index contributed by atoms with van der Waals surface area (Å²) in [6.45, 7) is 0. The maximum atomic E-state index is 11.4. The lowest BCUT2D eigenvalue weighted by Crippen LogP contribution is -2.05. The predicted octanol–water partition coefficient (Wildman–Crippen LogP) is 2.47.